The van der Waals surface area contributed by atoms with Gasteiger partial charge in [0, 0.05) is 37.8 Å². The summed E-state index contributed by atoms with van der Waals surface area (Å²) in [6.07, 6.45) is 3.80. The average molecular weight is 360 g/mol. The van der Waals surface area contributed by atoms with Crippen LogP contribution in [0.15, 0.2) is 30.3 Å². The Morgan fingerprint density at radius 2 is 1.83 bits per heavy atom. The maximum absolute atomic E-state index is 12.3. The minimum atomic E-state index is -3.26. The van der Waals surface area contributed by atoms with Crippen LogP contribution in [0.3, 0.4) is 0 Å². The lowest BCUT2D eigenvalue weighted by Gasteiger charge is -2.32. The van der Waals surface area contributed by atoms with E-state index in [1.165, 1.54) is 27.4 Å². The van der Waals surface area contributed by atoms with Crippen LogP contribution in [0.2, 0.25) is 0 Å². The highest BCUT2D eigenvalue weighted by Gasteiger charge is 2.24. The lowest BCUT2D eigenvalue weighted by Crippen LogP contribution is -2.49. The molecule has 24 heavy (non-hydrogen) atoms. The Hall–Kier alpha value is -2.00. The molecule has 0 unspecified atom stereocenters. The van der Waals surface area contributed by atoms with Crippen LogP contribution in [-0.4, -0.2) is 62.6 Å². The standard InChI is InChI=1S/C15H18F2N2O4S/c1-24(21,22)19-10-8-18(9-11-19)14(20)7-6-12-4-2-3-5-13(12)23-15(16)17/h2-7,15H,8-11H2,1H3/b7-6+. The van der Waals surface area contributed by atoms with Gasteiger partial charge in [-0.15, -0.1) is 0 Å². The zero-order valence-corrected chi connectivity index (χ0v) is 13.9. The van der Waals surface area contributed by atoms with E-state index in [4.69, 9.17) is 0 Å². The van der Waals surface area contributed by atoms with E-state index in [2.05, 4.69) is 4.74 Å². The second-order valence-corrected chi connectivity index (χ2v) is 7.22. The van der Waals surface area contributed by atoms with Gasteiger partial charge in [-0.1, -0.05) is 18.2 Å². The SMILES string of the molecule is CS(=O)(=O)N1CCN(C(=O)/C=C/c2ccccc2OC(F)F)CC1. The number of hydrogen-bond acceptors (Lipinski definition) is 4. The molecule has 1 heterocycles. The van der Waals surface area contributed by atoms with Crippen molar-refractivity contribution in [1.82, 2.24) is 9.21 Å². The zero-order chi connectivity index (χ0) is 17.7. The van der Waals surface area contributed by atoms with Gasteiger partial charge in [0.05, 0.1) is 6.26 Å². The lowest BCUT2D eigenvalue weighted by molar-refractivity contribution is -0.127. The third-order valence-electron chi connectivity index (χ3n) is 3.56. The van der Waals surface area contributed by atoms with Crippen LogP contribution in [0.25, 0.3) is 6.08 Å². The fraction of sp³-hybridized carbons (Fsp3) is 0.400. The lowest BCUT2D eigenvalue weighted by atomic mass is 10.2. The van der Waals surface area contributed by atoms with Gasteiger partial charge < -0.3 is 9.64 Å². The molecule has 6 nitrogen and oxygen atoms in total. The molecule has 0 N–H and O–H groups in total. The summed E-state index contributed by atoms with van der Waals surface area (Å²) in [6.45, 7) is -1.90. The first-order valence-corrected chi connectivity index (χ1v) is 9.08. The molecule has 2 rings (SSSR count). The van der Waals surface area contributed by atoms with E-state index in [9.17, 15) is 22.0 Å². The highest BCUT2D eigenvalue weighted by atomic mass is 32.2. The molecule has 1 aliphatic rings. The Kier molecular flexibility index (Phi) is 5.89. The Morgan fingerprint density at radius 1 is 1.21 bits per heavy atom. The summed E-state index contributed by atoms with van der Waals surface area (Å²) in [5, 5.41) is 0. The summed E-state index contributed by atoms with van der Waals surface area (Å²) in [5.41, 5.74) is 0.362. The first-order chi connectivity index (χ1) is 11.3. The first kappa shape index (κ1) is 18.3. The van der Waals surface area contributed by atoms with Crippen molar-refractivity contribution in [2.45, 2.75) is 6.61 Å². The second-order valence-electron chi connectivity index (χ2n) is 5.24. The number of carbonyl (C=O) groups is 1. The molecule has 0 saturated carbocycles. The van der Waals surface area contributed by atoms with Crippen LogP contribution in [0.4, 0.5) is 8.78 Å². The molecular formula is C15H18F2N2O4S. The topological polar surface area (TPSA) is 66.9 Å². The summed E-state index contributed by atoms with van der Waals surface area (Å²) in [4.78, 5) is 13.7. The maximum atomic E-state index is 12.3. The van der Waals surface area contributed by atoms with Crippen molar-refractivity contribution in [3.05, 3.63) is 35.9 Å². The number of para-hydroxylation sites is 1. The van der Waals surface area contributed by atoms with Crippen LogP contribution in [0.1, 0.15) is 5.56 Å². The van der Waals surface area contributed by atoms with Crippen LogP contribution in [0, 0.1) is 0 Å². The summed E-state index contributed by atoms with van der Waals surface area (Å²) in [5.74, 6) is -0.326. The van der Waals surface area contributed by atoms with E-state index in [0.717, 1.165) is 6.26 Å². The van der Waals surface area contributed by atoms with Crippen LogP contribution >= 0.6 is 0 Å². The normalized spacial score (nSPS) is 16.8. The van der Waals surface area contributed by atoms with E-state index in [1.54, 1.807) is 18.2 Å². The fourth-order valence-corrected chi connectivity index (χ4v) is 3.15. The average Bonchev–Trinajstić information content (AvgIpc) is 2.52. The Balaban J connectivity index is 1.99. The van der Waals surface area contributed by atoms with Crippen molar-refractivity contribution in [3.8, 4) is 5.75 Å². The van der Waals surface area contributed by atoms with Gasteiger partial charge >= 0.3 is 6.61 Å². The van der Waals surface area contributed by atoms with Gasteiger partial charge in [0.15, 0.2) is 0 Å². The molecule has 1 saturated heterocycles. The van der Waals surface area contributed by atoms with Crippen LogP contribution < -0.4 is 4.74 Å². The van der Waals surface area contributed by atoms with Crippen molar-refractivity contribution in [1.29, 1.82) is 0 Å². The van der Waals surface area contributed by atoms with Gasteiger partial charge in [-0.2, -0.15) is 13.1 Å². The molecule has 1 aromatic carbocycles. The van der Waals surface area contributed by atoms with Crippen LogP contribution in [-0.2, 0) is 14.8 Å². The number of piperazine rings is 1. The molecule has 1 fully saturated rings. The molecular weight excluding hydrogens is 342 g/mol. The largest absolute Gasteiger partial charge is 0.434 e. The van der Waals surface area contributed by atoms with E-state index in [-0.39, 0.29) is 37.8 Å². The Morgan fingerprint density at radius 3 is 2.42 bits per heavy atom. The molecule has 0 bridgehead atoms. The maximum Gasteiger partial charge on any atom is 0.387 e. The Bertz CT molecular complexity index is 714. The van der Waals surface area contributed by atoms with Crippen molar-refractivity contribution in [3.63, 3.8) is 0 Å². The van der Waals surface area contributed by atoms with Crippen molar-refractivity contribution in [2.24, 2.45) is 0 Å². The highest BCUT2D eigenvalue weighted by molar-refractivity contribution is 7.88. The van der Waals surface area contributed by atoms with E-state index >= 15 is 0 Å². The zero-order valence-electron chi connectivity index (χ0n) is 13.1. The molecule has 0 aromatic heterocycles. The van der Waals surface area contributed by atoms with Gasteiger partial charge in [-0.3, -0.25) is 4.79 Å². The third kappa shape index (κ3) is 5.00. The predicted molar refractivity (Wildman–Crippen MR) is 85.1 cm³/mol. The van der Waals surface area contributed by atoms with Gasteiger partial charge in [0.2, 0.25) is 15.9 Å². The smallest absolute Gasteiger partial charge is 0.387 e. The van der Waals surface area contributed by atoms with E-state index in [1.807, 2.05) is 0 Å². The monoisotopic (exact) mass is 360 g/mol. The molecule has 1 amide bonds. The predicted octanol–water partition coefficient (Wildman–Crippen LogP) is 1.40. The minimum Gasteiger partial charge on any atom is -0.434 e. The van der Waals surface area contributed by atoms with Crippen LogP contribution in [0.5, 0.6) is 5.75 Å². The number of rotatable bonds is 5. The molecule has 0 aliphatic carbocycles. The molecule has 132 valence electrons. The number of ether oxygens (including phenoxy) is 1. The summed E-state index contributed by atoms with van der Waals surface area (Å²) in [7, 11) is -3.26. The van der Waals surface area contributed by atoms with Crippen molar-refractivity contribution >= 4 is 22.0 Å². The van der Waals surface area contributed by atoms with Gasteiger partial charge in [-0.25, -0.2) is 8.42 Å². The molecule has 1 aliphatic heterocycles. The van der Waals surface area contributed by atoms with E-state index in [0.29, 0.717) is 5.56 Å². The van der Waals surface area contributed by atoms with Crippen molar-refractivity contribution in [2.75, 3.05) is 32.4 Å². The fourth-order valence-electron chi connectivity index (χ4n) is 2.33. The number of halogens is 2. The number of hydrogen-bond donors (Lipinski definition) is 0. The minimum absolute atomic E-state index is 0.0153. The molecule has 0 atom stereocenters. The first-order valence-electron chi connectivity index (χ1n) is 7.23. The third-order valence-corrected chi connectivity index (χ3v) is 4.86. The second kappa shape index (κ2) is 7.71. The number of nitrogens with zero attached hydrogens (tertiary/aromatic N) is 2. The van der Waals surface area contributed by atoms with Gasteiger partial charge in [0.25, 0.3) is 0 Å². The van der Waals surface area contributed by atoms with Gasteiger partial charge in [-0.05, 0) is 12.1 Å². The summed E-state index contributed by atoms with van der Waals surface area (Å²) in [6, 6.07) is 6.15. The molecule has 0 spiro atoms. The number of sulfonamides is 1. The summed E-state index contributed by atoms with van der Waals surface area (Å²) < 4.78 is 53.3. The number of alkyl halides is 2. The number of carbonyl (C=O) groups excluding carboxylic acids is 1. The molecule has 9 heteroatoms. The highest BCUT2D eigenvalue weighted by Crippen LogP contribution is 2.21. The number of benzene rings is 1. The Labute approximate surface area is 139 Å². The summed E-state index contributed by atoms with van der Waals surface area (Å²) >= 11 is 0. The molecule has 0 radical (unpaired) electrons. The van der Waals surface area contributed by atoms with Gasteiger partial charge in [0.1, 0.15) is 5.75 Å². The quantitative estimate of drug-likeness (QED) is 0.745. The van der Waals surface area contributed by atoms with E-state index < -0.39 is 16.6 Å². The van der Waals surface area contributed by atoms with Crippen molar-refractivity contribution < 1.29 is 26.7 Å². The number of amides is 1. The molecule has 1 aromatic rings.